The Kier molecular flexibility index (Phi) is 3.94. The summed E-state index contributed by atoms with van der Waals surface area (Å²) in [6.45, 7) is 0. The third-order valence-electron chi connectivity index (χ3n) is 1.74. The Morgan fingerprint density at radius 3 is 2.62 bits per heavy atom. The van der Waals surface area contributed by atoms with E-state index in [2.05, 4.69) is 14.8 Å². The smallest absolute Gasteiger partial charge is 0.340 e. The Morgan fingerprint density at radius 1 is 1.50 bits per heavy atom. The molecular weight excluding hydrogens is 210 g/mol. The van der Waals surface area contributed by atoms with Crippen LogP contribution in [0.3, 0.4) is 0 Å². The maximum atomic E-state index is 11.2. The number of benzene rings is 1. The lowest BCUT2D eigenvalue weighted by molar-refractivity contribution is -0.136. The van der Waals surface area contributed by atoms with Crippen LogP contribution in [0.1, 0.15) is 5.56 Å². The molecule has 16 heavy (non-hydrogen) atoms. The van der Waals surface area contributed by atoms with Gasteiger partial charge < -0.3 is 9.84 Å². The van der Waals surface area contributed by atoms with Gasteiger partial charge in [-0.3, -0.25) is 0 Å². The van der Waals surface area contributed by atoms with Crippen LogP contribution in [0.2, 0.25) is 0 Å². The van der Waals surface area contributed by atoms with E-state index in [-0.39, 0.29) is 11.4 Å². The molecule has 82 valence electrons. The van der Waals surface area contributed by atoms with Crippen molar-refractivity contribution in [3.05, 3.63) is 46.0 Å². The average Bonchev–Trinajstić information content (AvgIpc) is 2.30. The summed E-state index contributed by atoms with van der Waals surface area (Å²) >= 11 is 0. The SMILES string of the molecule is COC(=O)/C(=C/c1ccc(O)cc1)N=[N+]=[N-]. The number of azide groups is 1. The average molecular weight is 219 g/mol. The number of esters is 1. The fourth-order valence-electron chi connectivity index (χ4n) is 1.01. The minimum absolute atomic E-state index is 0.112. The van der Waals surface area contributed by atoms with Crippen LogP contribution < -0.4 is 0 Å². The number of hydrogen-bond acceptors (Lipinski definition) is 4. The van der Waals surface area contributed by atoms with E-state index in [4.69, 9.17) is 10.6 Å². The van der Waals surface area contributed by atoms with Crippen LogP contribution in [0.4, 0.5) is 0 Å². The zero-order valence-electron chi connectivity index (χ0n) is 8.49. The first-order valence-corrected chi connectivity index (χ1v) is 4.31. The van der Waals surface area contributed by atoms with Crippen LogP contribution in [-0.2, 0) is 9.53 Å². The molecule has 0 saturated carbocycles. The summed E-state index contributed by atoms with van der Waals surface area (Å²) in [7, 11) is 1.19. The quantitative estimate of drug-likeness (QED) is 0.277. The van der Waals surface area contributed by atoms with Gasteiger partial charge in [0.05, 0.1) is 7.11 Å². The van der Waals surface area contributed by atoms with Gasteiger partial charge in [0.1, 0.15) is 11.4 Å². The van der Waals surface area contributed by atoms with Crippen LogP contribution >= 0.6 is 0 Å². The molecule has 0 atom stereocenters. The highest BCUT2D eigenvalue weighted by atomic mass is 16.5. The van der Waals surface area contributed by atoms with Crippen LogP contribution in [0, 0.1) is 0 Å². The summed E-state index contributed by atoms with van der Waals surface area (Å²) in [5.74, 6) is -0.605. The van der Waals surface area contributed by atoms with Gasteiger partial charge in [-0.25, -0.2) is 4.79 Å². The second kappa shape index (κ2) is 5.43. The van der Waals surface area contributed by atoms with Gasteiger partial charge in [-0.2, -0.15) is 0 Å². The second-order valence-electron chi connectivity index (χ2n) is 2.80. The largest absolute Gasteiger partial charge is 0.508 e. The van der Waals surface area contributed by atoms with E-state index in [1.54, 1.807) is 12.1 Å². The Balaban J connectivity index is 3.06. The molecule has 0 heterocycles. The number of phenolic OH excluding ortho intramolecular Hbond substituents is 1. The molecular formula is C10H9N3O3. The van der Waals surface area contributed by atoms with Gasteiger partial charge in [-0.1, -0.05) is 17.2 Å². The van der Waals surface area contributed by atoms with E-state index in [0.29, 0.717) is 5.56 Å². The fraction of sp³-hybridized carbons (Fsp3) is 0.100. The van der Waals surface area contributed by atoms with E-state index in [9.17, 15) is 4.79 Å². The molecule has 0 aliphatic carbocycles. The summed E-state index contributed by atoms with van der Waals surface area (Å²) in [6, 6.07) is 6.06. The Hall–Kier alpha value is -2.46. The fourth-order valence-corrected chi connectivity index (χ4v) is 1.01. The van der Waals surface area contributed by atoms with Gasteiger partial charge in [-0.15, -0.1) is 0 Å². The minimum Gasteiger partial charge on any atom is -0.508 e. The van der Waals surface area contributed by atoms with Crippen molar-refractivity contribution in [3.63, 3.8) is 0 Å². The van der Waals surface area contributed by atoms with Crippen molar-refractivity contribution < 1.29 is 14.6 Å². The maximum Gasteiger partial charge on any atom is 0.340 e. The molecule has 0 saturated heterocycles. The molecule has 0 aromatic heterocycles. The number of hydrogen-bond donors (Lipinski definition) is 1. The molecule has 0 aliphatic rings. The van der Waals surface area contributed by atoms with Crippen molar-refractivity contribution in [2.45, 2.75) is 0 Å². The third-order valence-corrected chi connectivity index (χ3v) is 1.74. The molecule has 0 aliphatic heterocycles. The topological polar surface area (TPSA) is 95.3 Å². The van der Waals surface area contributed by atoms with E-state index >= 15 is 0 Å². The molecule has 0 spiro atoms. The van der Waals surface area contributed by atoms with Crippen LogP contribution in [0.15, 0.2) is 35.1 Å². The zero-order chi connectivity index (χ0) is 12.0. The van der Waals surface area contributed by atoms with Crippen LogP contribution in [0.25, 0.3) is 16.5 Å². The van der Waals surface area contributed by atoms with E-state index in [1.807, 2.05) is 0 Å². The highest BCUT2D eigenvalue weighted by Crippen LogP contribution is 2.14. The first kappa shape index (κ1) is 11.6. The highest BCUT2D eigenvalue weighted by Gasteiger charge is 2.06. The lowest BCUT2D eigenvalue weighted by atomic mass is 10.2. The zero-order valence-corrected chi connectivity index (χ0v) is 8.49. The number of carbonyl (C=O) groups is 1. The summed E-state index contributed by atoms with van der Waals surface area (Å²) in [5, 5.41) is 12.3. The van der Waals surface area contributed by atoms with E-state index in [1.165, 1.54) is 25.3 Å². The number of nitrogens with zero attached hydrogens (tertiary/aromatic N) is 3. The van der Waals surface area contributed by atoms with Gasteiger partial charge >= 0.3 is 5.97 Å². The molecule has 1 aromatic rings. The Labute approximate surface area is 91.4 Å². The van der Waals surface area contributed by atoms with Crippen molar-refractivity contribution in [3.8, 4) is 5.75 Å². The number of rotatable bonds is 3. The summed E-state index contributed by atoms with van der Waals surface area (Å²) < 4.78 is 4.44. The molecule has 0 bridgehead atoms. The van der Waals surface area contributed by atoms with Gasteiger partial charge in [0.25, 0.3) is 0 Å². The normalized spacial score (nSPS) is 10.4. The molecule has 1 N–H and O–H groups in total. The predicted molar refractivity (Wildman–Crippen MR) is 57.2 cm³/mol. The molecule has 6 heteroatoms. The molecule has 0 amide bonds. The molecule has 6 nitrogen and oxygen atoms in total. The molecule has 0 fully saturated rings. The third kappa shape index (κ3) is 3.04. The molecule has 0 unspecified atom stereocenters. The number of carbonyl (C=O) groups excluding carboxylic acids is 1. The predicted octanol–water partition coefficient (Wildman–Crippen LogP) is 2.22. The Morgan fingerprint density at radius 2 is 2.12 bits per heavy atom. The minimum atomic E-state index is -0.717. The number of ether oxygens (including phenoxy) is 1. The van der Waals surface area contributed by atoms with Crippen LogP contribution in [-0.4, -0.2) is 18.2 Å². The molecule has 1 aromatic carbocycles. The number of methoxy groups -OCH3 is 1. The lowest BCUT2D eigenvalue weighted by Crippen LogP contribution is -2.01. The van der Waals surface area contributed by atoms with Gasteiger partial charge in [0.2, 0.25) is 0 Å². The van der Waals surface area contributed by atoms with Crippen molar-refractivity contribution >= 4 is 12.0 Å². The second-order valence-corrected chi connectivity index (χ2v) is 2.80. The summed E-state index contributed by atoms with van der Waals surface area (Å²) in [6.07, 6.45) is 1.37. The summed E-state index contributed by atoms with van der Waals surface area (Å²) in [5.41, 5.74) is 8.75. The standard InChI is InChI=1S/C10H9N3O3/c1-16-10(15)9(12-13-11)6-7-2-4-8(14)5-3-7/h2-6,14H,1H3/b9-6-. The lowest BCUT2D eigenvalue weighted by Gasteiger charge is -1.99. The van der Waals surface area contributed by atoms with Gasteiger partial charge in [0.15, 0.2) is 0 Å². The van der Waals surface area contributed by atoms with Crippen molar-refractivity contribution in [2.24, 2.45) is 5.11 Å². The van der Waals surface area contributed by atoms with Crippen molar-refractivity contribution in [2.75, 3.05) is 7.11 Å². The van der Waals surface area contributed by atoms with Crippen molar-refractivity contribution in [1.29, 1.82) is 0 Å². The summed E-state index contributed by atoms with van der Waals surface area (Å²) in [4.78, 5) is 13.7. The number of aromatic hydroxyl groups is 1. The van der Waals surface area contributed by atoms with Gasteiger partial charge in [-0.05, 0) is 29.3 Å². The molecule has 1 rings (SSSR count). The van der Waals surface area contributed by atoms with E-state index < -0.39 is 5.97 Å². The first-order chi connectivity index (χ1) is 7.67. The first-order valence-electron chi connectivity index (χ1n) is 4.31. The number of phenols is 1. The van der Waals surface area contributed by atoms with Gasteiger partial charge in [0, 0.05) is 4.91 Å². The van der Waals surface area contributed by atoms with Crippen molar-refractivity contribution in [1.82, 2.24) is 0 Å². The van der Waals surface area contributed by atoms with Crippen LogP contribution in [0.5, 0.6) is 5.75 Å². The molecule has 0 radical (unpaired) electrons. The highest BCUT2D eigenvalue weighted by molar-refractivity contribution is 5.93. The van der Waals surface area contributed by atoms with E-state index in [0.717, 1.165) is 0 Å². The monoisotopic (exact) mass is 219 g/mol. The maximum absolute atomic E-state index is 11.2. The Bertz CT molecular complexity index is 459.